The Bertz CT molecular complexity index is 424. The van der Waals surface area contributed by atoms with Crippen LogP contribution < -0.4 is 0 Å². The lowest BCUT2D eigenvalue weighted by Gasteiger charge is -2.00. The van der Waals surface area contributed by atoms with Gasteiger partial charge in [0.25, 0.3) is 0 Å². The van der Waals surface area contributed by atoms with Crippen LogP contribution in [0.5, 0.6) is 0 Å². The van der Waals surface area contributed by atoms with Gasteiger partial charge in [-0.3, -0.25) is 4.79 Å². The molecule has 0 atom stereocenters. The first-order valence-corrected chi connectivity index (χ1v) is 4.84. The normalized spacial score (nSPS) is 9.27. The molecule has 0 fully saturated rings. The van der Waals surface area contributed by atoms with Crippen molar-refractivity contribution in [3.05, 3.63) is 35.1 Å². The van der Waals surface area contributed by atoms with E-state index in [0.717, 1.165) is 0 Å². The van der Waals surface area contributed by atoms with Crippen molar-refractivity contribution >= 4 is 5.78 Å². The number of carbonyl (C=O) groups is 1. The van der Waals surface area contributed by atoms with E-state index in [9.17, 15) is 9.18 Å². The molecule has 0 radical (unpaired) electrons. The number of halogens is 1. The van der Waals surface area contributed by atoms with E-state index in [1.165, 1.54) is 6.07 Å². The Balaban J connectivity index is 2.72. The third-order valence-electron chi connectivity index (χ3n) is 2.15. The second-order valence-electron chi connectivity index (χ2n) is 3.31. The first kappa shape index (κ1) is 11.5. The van der Waals surface area contributed by atoms with Crippen molar-refractivity contribution in [3.63, 3.8) is 0 Å². The van der Waals surface area contributed by atoms with E-state index in [1.54, 1.807) is 26.0 Å². The quantitative estimate of drug-likeness (QED) is 0.546. The van der Waals surface area contributed by atoms with Crippen molar-refractivity contribution in [1.29, 1.82) is 0 Å². The molecule has 1 rings (SSSR count). The third kappa shape index (κ3) is 3.21. The predicted molar refractivity (Wildman–Crippen MR) is 58.2 cm³/mol. The first-order valence-electron chi connectivity index (χ1n) is 4.84. The number of aryl methyl sites for hydroxylation is 1. The molecule has 1 aromatic rings. The first-order chi connectivity index (χ1) is 7.15. The van der Waals surface area contributed by atoms with Gasteiger partial charge in [-0.25, -0.2) is 4.39 Å². The third-order valence-corrected chi connectivity index (χ3v) is 2.15. The van der Waals surface area contributed by atoms with Crippen molar-refractivity contribution in [3.8, 4) is 11.8 Å². The number of Topliss-reactive ketones (excluding diaryl/α,β-unsaturated/α-hetero) is 1. The van der Waals surface area contributed by atoms with Crippen LogP contribution in [0.25, 0.3) is 0 Å². The highest BCUT2D eigenvalue weighted by Crippen LogP contribution is 2.11. The van der Waals surface area contributed by atoms with E-state index in [4.69, 9.17) is 0 Å². The molecular formula is C13H13FO. The number of benzene rings is 1. The Morgan fingerprint density at radius 3 is 2.80 bits per heavy atom. The largest absolute Gasteiger partial charge is 0.294 e. The molecule has 15 heavy (non-hydrogen) atoms. The van der Waals surface area contributed by atoms with Crippen LogP contribution in [-0.4, -0.2) is 5.78 Å². The minimum atomic E-state index is -0.331. The van der Waals surface area contributed by atoms with E-state index >= 15 is 0 Å². The van der Waals surface area contributed by atoms with Crippen LogP contribution >= 0.6 is 0 Å². The highest BCUT2D eigenvalue weighted by atomic mass is 19.1. The summed E-state index contributed by atoms with van der Waals surface area (Å²) in [5, 5.41) is 0. The SMILES string of the molecule is CC#CCCC(=O)c1ccc(C)c(F)c1. The fraction of sp³-hybridized carbons (Fsp3) is 0.308. The van der Waals surface area contributed by atoms with Crippen LogP contribution in [0.2, 0.25) is 0 Å². The summed E-state index contributed by atoms with van der Waals surface area (Å²) in [5.41, 5.74) is 0.982. The molecule has 0 aliphatic heterocycles. The number of ketones is 1. The molecule has 0 N–H and O–H groups in total. The van der Waals surface area contributed by atoms with Gasteiger partial charge in [-0.15, -0.1) is 11.8 Å². The number of hydrogen-bond acceptors (Lipinski definition) is 1. The Morgan fingerprint density at radius 1 is 1.47 bits per heavy atom. The van der Waals surface area contributed by atoms with Gasteiger partial charge < -0.3 is 0 Å². The molecular weight excluding hydrogens is 191 g/mol. The van der Waals surface area contributed by atoms with E-state index in [2.05, 4.69) is 11.8 Å². The Hall–Kier alpha value is -1.62. The smallest absolute Gasteiger partial charge is 0.163 e. The fourth-order valence-corrected chi connectivity index (χ4v) is 1.21. The molecule has 1 aromatic carbocycles. The van der Waals surface area contributed by atoms with Crippen LogP contribution in [-0.2, 0) is 0 Å². The lowest BCUT2D eigenvalue weighted by molar-refractivity contribution is 0.0984. The standard InChI is InChI=1S/C13H13FO/c1-3-4-5-6-13(15)11-8-7-10(2)12(14)9-11/h7-9H,5-6H2,1-2H3. The molecule has 0 unspecified atom stereocenters. The van der Waals surface area contributed by atoms with Crippen LogP contribution in [0, 0.1) is 24.6 Å². The van der Waals surface area contributed by atoms with Crippen LogP contribution in [0.15, 0.2) is 18.2 Å². The lowest BCUT2D eigenvalue weighted by Crippen LogP contribution is -1.99. The number of carbonyl (C=O) groups excluding carboxylic acids is 1. The zero-order valence-electron chi connectivity index (χ0n) is 8.93. The maximum atomic E-state index is 13.1. The van der Waals surface area contributed by atoms with Gasteiger partial charge in [0.1, 0.15) is 5.82 Å². The zero-order valence-corrected chi connectivity index (χ0v) is 8.93. The molecule has 0 aliphatic carbocycles. The average molecular weight is 204 g/mol. The fourth-order valence-electron chi connectivity index (χ4n) is 1.21. The van der Waals surface area contributed by atoms with Gasteiger partial charge in [-0.05, 0) is 25.5 Å². The van der Waals surface area contributed by atoms with Gasteiger partial charge in [0, 0.05) is 18.4 Å². The molecule has 78 valence electrons. The van der Waals surface area contributed by atoms with Gasteiger partial charge in [-0.2, -0.15) is 0 Å². The van der Waals surface area contributed by atoms with Crippen LogP contribution in [0.4, 0.5) is 4.39 Å². The summed E-state index contributed by atoms with van der Waals surface area (Å²) < 4.78 is 13.1. The Kier molecular flexibility index (Phi) is 4.05. The van der Waals surface area contributed by atoms with E-state index in [1.807, 2.05) is 0 Å². The van der Waals surface area contributed by atoms with Gasteiger partial charge >= 0.3 is 0 Å². The minimum Gasteiger partial charge on any atom is -0.294 e. The van der Waals surface area contributed by atoms with Crippen molar-refractivity contribution in [2.75, 3.05) is 0 Å². The molecule has 0 aliphatic rings. The van der Waals surface area contributed by atoms with Crippen molar-refractivity contribution < 1.29 is 9.18 Å². The summed E-state index contributed by atoms with van der Waals surface area (Å²) in [5.74, 6) is 5.14. The van der Waals surface area contributed by atoms with E-state index < -0.39 is 0 Å². The predicted octanol–water partition coefficient (Wildman–Crippen LogP) is 3.12. The summed E-state index contributed by atoms with van der Waals surface area (Å²) in [6.07, 6.45) is 0.883. The van der Waals surface area contributed by atoms with Gasteiger partial charge in [0.05, 0.1) is 0 Å². The second-order valence-corrected chi connectivity index (χ2v) is 3.31. The van der Waals surface area contributed by atoms with Crippen molar-refractivity contribution in [2.24, 2.45) is 0 Å². The molecule has 1 nitrogen and oxygen atoms in total. The molecule has 0 spiro atoms. The number of hydrogen-bond donors (Lipinski definition) is 0. The molecule has 0 aromatic heterocycles. The van der Waals surface area contributed by atoms with Crippen molar-refractivity contribution in [1.82, 2.24) is 0 Å². The molecule has 0 heterocycles. The second kappa shape index (κ2) is 5.31. The van der Waals surface area contributed by atoms with Crippen LogP contribution in [0.1, 0.15) is 35.7 Å². The van der Waals surface area contributed by atoms with Gasteiger partial charge in [0.2, 0.25) is 0 Å². The highest BCUT2D eigenvalue weighted by molar-refractivity contribution is 5.96. The highest BCUT2D eigenvalue weighted by Gasteiger charge is 2.06. The average Bonchev–Trinajstić information content (AvgIpc) is 2.22. The summed E-state index contributed by atoms with van der Waals surface area (Å²) >= 11 is 0. The summed E-state index contributed by atoms with van der Waals surface area (Å²) in [6, 6.07) is 4.56. The Labute approximate surface area is 89.3 Å². The van der Waals surface area contributed by atoms with Gasteiger partial charge in [0.15, 0.2) is 5.78 Å². The number of rotatable bonds is 3. The van der Waals surface area contributed by atoms with E-state index in [-0.39, 0.29) is 11.6 Å². The monoisotopic (exact) mass is 204 g/mol. The molecule has 0 bridgehead atoms. The maximum absolute atomic E-state index is 13.1. The minimum absolute atomic E-state index is 0.0587. The summed E-state index contributed by atoms with van der Waals surface area (Å²) in [7, 11) is 0. The maximum Gasteiger partial charge on any atom is 0.163 e. The molecule has 0 amide bonds. The molecule has 0 saturated heterocycles. The van der Waals surface area contributed by atoms with E-state index in [0.29, 0.717) is 24.0 Å². The van der Waals surface area contributed by atoms with Crippen molar-refractivity contribution in [2.45, 2.75) is 26.7 Å². The summed E-state index contributed by atoms with van der Waals surface area (Å²) in [4.78, 5) is 11.5. The topological polar surface area (TPSA) is 17.1 Å². The molecule has 2 heteroatoms. The van der Waals surface area contributed by atoms with Gasteiger partial charge in [-0.1, -0.05) is 12.1 Å². The Morgan fingerprint density at radius 2 is 2.20 bits per heavy atom. The van der Waals surface area contributed by atoms with Crippen LogP contribution in [0.3, 0.4) is 0 Å². The zero-order chi connectivity index (χ0) is 11.3. The molecule has 0 saturated carbocycles. The lowest BCUT2D eigenvalue weighted by atomic mass is 10.0. The summed E-state index contributed by atoms with van der Waals surface area (Å²) in [6.45, 7) is 3.40.